The van der Waals surface area contributed by atoms with Crippen molar-refractivity contribution in [3.63, 3.8) is 0 Å². The zero-order valence-electron chi connectivity index (χ0n) is 14.6. The average molecular weight is 464 g/mol. The highest BCUT2D eigenvalue weighted by Gasteiger charge is 2.27. The van der Waals surface area contributed by atoms with Crippen LogP contribution in [0.5, 0.6) is 0 Å². The van der Waals surface area contributed by atoms with E-state index in [1.807, 2.05) is 30.3 Å². The number of hydrogen-bond acceptors (Lipinski definition) is 4. The van der Waals surface area contributed by atoms with Crippen LogP contribution in [0.25, 0.3) is 0 Å². The summed E-state index contributed by atoms with van der Waals surface area (Å²) in [6, 6.07) is 17.4. The molecule has 0 aromatic heterocycles. The number of esters is 1. The van der Waals surface area contributed by atoms with Gasteiger partial charge in [0, 0.05) is 35.4 Å². The first-order valence-corrected chi connectivity index (χ1v) is 9.68. The summed E-state index contributed by atoms with van der Waals surface area (Å²) in [6.45, 7) is 4.43. The van der Waals surface area contributed by atoms with Gasteiger partial charge in [0.1, 0.15) is 0 Å². The van der Waals surface area contributed by atoms with E-state index in [1.54, 1.807) is 24.0 Å². The molecular weight excluding hydrogens is 443 g/mol. The molecule has 0 spiro atoms. The van der Waals surface area contributed by atoms with Gasteiger partial charge < -0.3 is 14.5 Å². The Labute approximate surface area is 167 Å². The highest BCUT2D eigenvalue weighted by molar-refractivity contribution is 14.1. The van der Waals surface area contributed by atoms with Crippen molar-refractivity contribution in [2.45, 2.75) is 13.0 Å². The van der Waals surface area contributed by atoms with Crippen molar-refractivity contribution >= 4 is 40.2 Å². The van der Waals surface area contributed by atoms with E-state index < -0.39 is 12.1 Å². The van der Waals surface area contributed by atoms with Crippen LogP contribution < -0.4 is 4.90 Å². The number of carbonyl (C=O) groups is 2. The number of piperazine rings is 1. The van der Waals surface area contributed by atoms with E-state index in [1.165, 1.54) is 0 Å². The third kappa shape index (κ3) is 4.35. The van der Waals surface area contributed by atoms with Crippen LogP contribution in [-0.2, 0) is 9.53 Å². The molecule has 0 saturated carbocycles. The molecule has 0 bridgehead atoms. The number of ether oxygens (including phenoxy) is 1. The third-order valence-corrected chi connectivity index (χ3v) is 5.38. The molecule has 1 amide bonds. The number of nitrogens with zero attached hydrogens (tertiary/aromatic N) is 2. The Morgan fingerprint density at radius 2 is 1.58 bits per heavy atom. The molecule has 1 aliphatic rings. The van der Waals surface area contributed by atoms with Crippen LogP contribution in [0.1, 0.15) is 17.3 Å². The molecule has 1 aliphatic heterocycles. The Morgan fingerprint density at radius 3 is 2.23 bits per heavy atom. The lowest BCUT2D eigenvalue weighted by Crippen LogP contribution is -2.51. The SMILES string of the molecule is CC(OC(=O)c1ccccc1I)C(=O)N1CCN(c2ccccc2)CC1. The van der Waals surface area contributed by atoms with E-state index in [2.05, 4.69) is 39.6 Å². The Hall–Kier alpha value is -2.09. The van der Waals surface area contributed by atoms with Gasteiger partial charge in [0.05, 0.1) is 5.56 Å². The molecule has 1 atom stereocenters. The third-order valence-electron chi connectivity index (χ3n) is 4.44. The van der Waals surface area contributed by atoms with Gasteiger partial charge in [-0.05, 0) is 53.8 Å². The smallest absolute Gasteiger partial charge is 0.339 e. The van der Waals surface area contributed by atoms with Gasteiger partial charge in [0.15, 0.2) is 6.10 Å². The zero-order valence-corrected chi connectivity index (χ0v) is 16.8. The first-order chi connectivity index (χ1) is 12.6. The summed E-state index contributed by atoms with van der Waals surface area (Å²) < 4.78 is 6.21. The first kappa shape index (κ1) is 18.7. The van der Waals surface area contributed by atoms with E-state index in [0.717, 1.165) is 22.3 Å². The normalized spacial score (nSPS) is 15.5. The molecule has 1 heterocycles. The van der Waals surface area contributed by atoms with Crippen LogP contribution in [0, 0.1) is 3.57 Å². The minimum absolute atomic E-state index is 0.142. The van der Waals surface area contributed by atoms with Crippen molar-refractivity contribution in [3.05, 3.63) is 63.7 Å². The minimum Gasteiger partial charge on any atom is -0.449 e. The van der Waals surface area contributed by atoms with Crippen LogP contribution in [0.4, 0.5) is 5.69 Å². The summed E-state index contributed by atoms with van der Waals surface area (Å²) >= 11 is 2.09. The molecule has 0 radical (unpaired) electrons. The summed E-state index contributed by atoms with van der Waals surface area (Å²) in [6.07, 6.45) is -0.790. The predicted molar refractivity (Wildman–Crippen MR) is 109 cm³/mol. The van der Waals surface area contributed by atoms with Gasteiger partial charge in [-0.15, -0.1) is 0 Å². The van der Waals surface area contributed by atoms with Crippen molar-refractivity contribution in [2.75, 3.05) is 31.1 Å². The van der Waals surface area contributed by atoms with E-state index >= 15 is 0 Å². The van der Waals surface area contributed by atoms with Gasteiger partial charge >= 0.3 is 5.97 Å². The van der Waals surface area contributed by atoms with E-state index in [-0.39, 0.29) is 5.91 Å². The second kappa shape index (κ2) is 8.53. The standard InChI is InChI=1S/C20H21IN2O3/c1-15(26-20(25)17-9-5-6-10-18(17)21)19(24)23-13-11-22(12-14-23)16-7-3-2-4-8-16/h2-10,15H,11-14H2,1H3. The lowest BCUT2D eigenvalue weighted by atomic mass is 10.2. The van der Waals surface area contributed by atoms with Crippen LogP contribution in [0.2, 0.25) is 0 Å². The van der Waals surface area contributed by atoms with Crippen LogP contribution in [0.15, 0.2) is 54.6 Å². The van der Waals surface area contributed by atoms with Gasteiger partial charge in [0.25, 0.3) is 5.91 Å². The van der Waals surface area contributed by atoms with E-state index in [9.17, 15) is 9.59 Å². The molecule has 26 heavy (non-hydrogen) atoms. The molecule has 0 N–H and O–H groups in total. The number of carbonyl (C=O) groups excluding carboxylic acids is 2. The average Bonchev–Trinajstić information content (AvgIpc) is 2.68. The molecule has 136 valence electrons. The van der Waals surface area contributed by atoms with Crippen LogP contribution >= 0.6 is 22.6 Å². The van der Waals surface area contributed by atoms with Crippen LogP contribution in [-0.4, -0.2) is 49.1 Å². The molecule has 5 nitrogen and oxygen atoms in total. The maximum Gasteiger partial charge on any atom is 0.339 e. The monoisotopic (exact) mass is 464 g/mol. The zero-order chi connectivity index (χ0) is 18.5. The lowest BCUT2D eigenvalue weighted by molar-refractivity contribution is -0.140. The second-order valence-electron chi connectivity index (χ2n) is 6.18. The molecule has 2 aromatic carbocycles. The van der Waals surface area contributed by atoms with Gasteiger partial charge in [-0.2, -0.15) is 0 Å². The molecule has 2 aromatic rings. The molecule has 6 heteroatoms. The number of rotatable bonds is 4. The molecular formula is C20H21IN2O3. The van der Waals surface area contributed by atoms with Gasteiger partial charge in [-0.1, -0.05) is 30.3 Å². The maximum atomic E-state index is 12.6. The number of halogens is 1. The fourth-order valence-electron chi connectivity index (χ4n) is 2.98. The largest absolute Gasteiger partial charge is 0.449 e. The number of amides is 1. The number of benzene rings is 2. The summed E-state index contributed by atoms with van der Waals surface area (Å²) in [5, 5.41) is 0. The predicted octanol–water partition coefficient (Wildman–Crippen LogP) is 3.19. The number of para-hydroxylation sites is 1. The molecule has 1 unspecified atom stereocenters. The summed E-state index contributed by atoms with van der Waals surface area (Å²) in [4.78, 5) is 28.9. The topological polar surface area (TPSA) is 49.9 Å². The van der Waals surface area contributed by atoms with Crippen molar-refractivity contribution in [3.8, 4) is 0 Å². The minimum atomic E-state index is -0.790. The second-order valence-corrected chi connectivity index (χ2v) is 7.34. The highest BCUT2D eigenvalue weighted by atomic mass is 127. The summed E-state index contributed by atoms with van der Waals surface area (Å²) in [7, 11) is 0. The fraction of sp³-hybridized carbons (Fsp3) is 0.300. The van der Waals surface area contributed by atoms with E-state index in [4.69, 9.17) is 4.74 Å². The molecule has 3 rings (SSSR count). The fourth-order valence-corrected chi connectivity index (χ4v) is 3.59. The maximum absolute atomic E-state index is 12.6. The number of anilines is 1. The molecule has 0 aliphatic carbocycles. The Bertz CT molecular complexity index is 774. The summed E-state index contributed by atoms with van der Waals surface area (Å²) in [5.41, 5.74) is 1.65. The Balaban J connectivity index is 1.55. The first-order valence-electron chi connectivity index (χ1n) is 8.60. The van der Waals surface area contributed by atoms with Crippen molar-refractivity contribution in [1.29, 1.82) is 0 Å². The van der Waals surface area contributed by atoms with Crippen molar-refractivity contribution in [1.82, 2.24) is 4.90 Å². The summed E-state index contributed by atoms with van der Waals surface area (Å²) in [5.74, 6) is -0.601. The van der Waals surface area contributed by atoms with Gasteiger partial charge in [-0.25, -0.2) is 4.79 Å². The molecule has 1 saturated heterocycles. The Kier molecular flexibility index (Phi) is 6.13. The van der Waals surface area contributed by atoms with E-state index in [0.29, 0.717) is 18.7 Å². The quantitative estimate of drug-likeness (QED) is 0.516. The van der Waals surface area contributed by atoms with Crippen molar-refractivity contribution in [2.24, 2.45) is 0 Å². The van der Waals surface area contributed by atoms with Gasteiger partial charge in [0.2, 0.25) is 0 Å². The highest BCUT2D eigenvalue weighted by Crippen LogP contribution is 2.17. The molecule has 1 fully saturated rings. The van der Waals surface area contributed by atoms with Crippen LogP contribution in [0.3, 0.4) is 0 Å². The Morgan fingerprint density at radius 1 is 0.962 bits per heavy atom. The number of hydrogen-bond donors (Lipinski definition) is 0. The van der Waals surface area contributed by atoms with Gasteiger partial charge in [-0.3, -0.25) is 4.79 Å². The lowest BCUT2D eigenvalue weighted by Gasteiger charge is -2.37. The van der Waals surface area contributed by atoms with Crippen molar-refractivity contribution < 1.29 is 14.3 Å².